The Kier molecular flexibility index (Phi) is 70.9. The van der Waals surface area contributed by atoms with E-state index in [1.165, 1.54) is 70.6 Å². The van der Waals surface area contributed by atoms with Crippen LogP contribution >= 0.6 is 15.6 Å². The predicted octanol–water partition coefficient (Wildman–Crippen LogP) is 22.4. The van der Waals surface area contributed by atoms with Crippen LogP contribution < -0.4 is 0 Å². The van der Waals surface area contributed by atoms with Crippen LogP contribution in [0.3, 0.4) is 0 Å². The molecule has 0 aromatic carbocycles. The molecule has 16 nitrogen and oxygen atoms in total. The van der Waals surface area contributed by atoms with E-state index >= 15 is 0 Å². The molecule has 0 fully saturated rings. The van der Waals surface area contributed by atoms with Crippen molar-refractivity contribution in [1.29, 1.82) is 0 Å². The van der Waals surface area contributed by atoms with Gasteiger partial charge in [-0.1, -0.05) is 281 Å². The van der Waals surface area contributed by atoms with E-state index in [1.54, 1.807) is 0 Å². The maximum Gasteiger partial charge on any atom is 0.472 e. The minimum absolute atomic E-state index is 0.0150. The fourth-order valence-electron chi connectivity index (χ4n) is 9.62. The van der Waals surface area contributed by atoms with Gasteiger partial charge in [0.15, 0.2) is 6.10 Å². The molecule has 0 aliphatic carbocycles. The molecule has 0 bridgehead atoms. The smallest absolute Gasteiger partial charge is 0.463 e. The van der Waals surface area contributed by atoms with Crippen LogP contribution in [0.4, 0.5) is 0 Å². The van der Waals surface area contributed by atoms with Crippen molar-refractivity contribution < 1.29 is 75.8 Å². The number of unbranched alkanes of at least 4 members (excludes halogenated alkanes) is 20. The minimum Gasteiger partial charge on any atom is -0.463 e. The molecule has 0 aromatic heterocycles. The van der Waals surface area contributed by atoms with E-state index in [1.807, 2.05) is 12.2 Å². The van der Waals surface area contributed by atoms with E-state index in [9.17, 15) is 43.5 Å². The van der Waals surface area contributed by atoms with E-state index in [-0.39, 0.29) is 19.3 Å². The van der Waals surface area contributed by atoms with Gasteiger partial charge in [-0.25, -0.2) is 9.13 Å². The highest BCUT2D eigenvalue weighted by molar-refractivity contribution is 7.47. The lowest BCUT2D eigenvalue weighted by Gasteiger charge is -2.21. The normalized spacial score (nSPS) is 15.0. The molecule has 0 saturated heterocycles. The van der Waals surface area contributed by atoms with Gasteiger partial charge in [-0.05, 0) is 148 Å². The Bertz CT molecular complexity index is 2520. The molecule has 5 unspecified atom stereocenters. The van der Waals surface area contributed by atoms with Crippen LogP contribution in [0.25, 0.3) is 0 Å². The molecular weight excluding hydrogens is 1310 g/mol. The highest BCUT2D eigenvalue weighted by Gasteiger charge is 2.29. The largest absolute Gasteiger partial charge is 0.472 e. The zero-order chi connectivity index (χ0) is 73.7. The van der Waals surface area contributed by atoms with Gasteiger partial charge in [0.05, 0.1) is 26.4 Å². The summed E-state index contributed by atoms with van der Waals surface area (Å²) in [5.74, 6) is -1.68. The first kappa shape index (κ1) is 95.9. The number of carbonyl (C=O) groups excluding carboxylic acids is 3. The van der Waals surface area contributed by atoms with Crippen LogP contribution in [-0.2, 0) is 55.8 Å². The molecule has 0 radical (unpaired) electrons. The number of aliphatic hydroxyl groups excluding tert-OH is 2. The Morgan fingerprint density at radius 1 is 0.287 bits per heavy atom. The zero-order valence-corrected chi connectivity index (χ0v) is 64.3. The molecule has 0 rings (SSSR count). The van der Waals surface area contributed by atoms with Gasteiger partial charge in [0, 0.05) is 19.3 Å². The molecule has 0 spiro atoms. The predicted molar refractivity (Wildman–Crippen MR) is 417 cm³/mol. The van der Waals surface area contributed by atoms with E-state index in [0.29, 0.717) is 25.7 Å². The third kappa shape index (κ3) is 75.9. The summed E-state index contributed by atoms with van der Waals surface area (Å²) in [7, 11) is -9.83. The topological polar surface area (TPSA) is 231 Å². The standard InChI is InChI=1S/C83H136O16P2/c1-4-7-10-13-16-19-22-25-28-31-33-35-36-37-38-39-40-42-44-46-48-51-54-57-60-63-66-69-81(86)93-72-78(84)73-95-100(89,90)96-74-79(85)75-97-101(91,92)98-77-80(99-83(88)71-68-65-62-59-56-53-50-45-30-27-24-21-18-15-12-9-6-3)76-94-82(87)70-67-64-61-58-55-52-49-47-43-41-34-32-29-26-23-20-17-14-11-8-5-2/h8-9,11-12,16-21,25-30,33-35,37-38,41,47,49-50,53,59,62,78-80,84-85H,4-7,10,13-15,22-24,31-32,36,39-40,42-46,48,51-52,54-58,60-61,63-77H2,1-3H3,(H,89,90)(H,91,92)/b11-8-,12-9-,19-16-,20-17-,21-18-,28-25-,29-26-,30-27-,35-33-,38-37-,41-34-,49-47-,53-50-,62-59-. The van der Waals surface area contributed by atoms with Crippen LogP contribution in [0.5, 0.6) is 0 Å². The van der Waals surface area contributed by atoms with Crippen molar-refractivity contribution in [2.75, 3.05) is 39.6 Å². The van der Waals surface area contributed by atoms with Gasteiger partial charge < -0.3 is 34.2 Å². The second-order valence-electron chi connectivity index (χ2n) is 25.0. The lowest BCUT2D eigenvalue weighted by Crippen LogP contribution is -2.30. The Hall–Kier alpha value is -5.09. The quantitative estimate of drug-likeness (QED) is 0.0146. The van der Waals surface area contributed by atoms with E-state index < -0.39 is 91.5 Å². The number of phosphoric ester groups is 2. The van der Waals surface area contributed by atoms with E-state index in [4.69, 9.17) is 32.3 Å². The Balaban J connectivity index is 4.67. The van der Waals surface area contributed by atoms with E-state index in [0.717, 1.165) is 141 Å². The van der Waals surface area contributed by atoms with Crippen LogP contribution in [0.15, 0.2) is 170 Å². The molecular formula is C83H136O16P2. The highest BCUT2D eigenvalue weighted by Crippen LogP contribution is 2.45. The summed E-state index contributed by atoms with van der Waals surface area (Å²) < 4.78 is 61.0. The monoisotopic (exact) mass is 1450 g/mol. The number of esters is 3. The van der Waals surface area contributed by atoms with Crippen LogP contribution in [0.1, 0.15) is 278 Å². The number of hydrogen-bond acceptors (Lipinski definition) is 14. The Morgan fingerprint density at radius 3 is 0.861 bits per heavy atom. The maximum atomic E-state index is 12.9. The molecule has 0 heterocycles. The molecule has 5 atom stereocenters. The Morgan fingerprint density at radius 2 is 0.535 bits per heavy atom. The van der Waals surface area contributed by atoms with Gasteiger partial charge in [0.2, 0.25) is 0 Å². The molecule has 574 valence electrons. The Labute approximate surface area is 612 Å². The number of carbonyl (C=O) groups is 3. The molecule has 101 heavy (non-hydrogen) atoms. The SMILES string of the molecule is CC/C=C\C/C=C\C/C=C\C/C=C\C/C=C\CCCCCCCC(=O)OCC(COP(=O)(O)OCC(O)COP(=O)(O)OCC(O)COC(=O)CCCCCCCCCCCCC/C=C\C/C=C\C/C=C\C/C=C\CCCCC)OC(=O)CCC/C=C\C/C=C\C/C=C\C/C=C\C/C=C\CC. The minimum atomic E-state index is -4.96. The zero-order valence-electron chi connectivity index (χ0n) is 62.5. The summed E-state index contributed by atoms with van der Waals surface area (Å²) in [5, 5.41) is 20.6. The second kappa shape index (κ2) is 74.6. The van der Waals surface area contributed by atoms with Crippen molar-refractivity contribution >= 4 is 33.6 Å². The fourth-order valence-corrected chi connectivity index (χ4v) is 11.2. The van der Waals surface area contributed by atoms with Crippen molar-refractivity contribution in [3.05, 3.63) is 170 Å². The first-order valence-electron chi connectivity index (χ1n) is 38.4. The van der Waals surface area contributed by atoms with Gasteiger partial charge >= 0.3 is 33.6 Å². The summed E-state index contributed by atoms with van der Waals surface area (Å²) in [6.07, 6.45) is 94.1. The van der Waals surface area contributed by atoms with Crippen molar-refractivity contribution in [3.63, 3.8) is 0 Å². The van der Waals surface area contributed by atoms with Gasteiger partial charge in [-0.2, -0.15) is 0 Å². The lowest BCUT2D eigenvalue weighted by atomic mass is 10.0. The van der Waals surface area contributed by atoms with Gasteiger partial charge in [-0.3, -0.25) is 32.5 Å². The van der Waals surface area contributed by atoms with Gasteiger partial charge in [0.25, 0.3) is 0 Å². The number of hydrogen-bond donors (Lipinski definition) is 4. The number of allylic oxidation sites excluding steroid dienone is 28. The molecule has 0 aliphatic heterocycles. The van der Waals surface area contributed by atoms with Crippen molar-refractivity contribution in [1.82, 2.24) is 0 Å². The van der Waals surface area contributed by atoms with Gasteiger partial charge in [-0.15, -0.1) is 0 Å². The number of ether oxygens (including phenoxy) is 3. The number of aliphatic hydroxyl groups is 2. The molecule has 0 amide bonds. The van der Waals surface area contributed by atoms with Gasteiger partial charge in [0.1, 0.15) is 25.4 Å². The van der Waals surface area contributed by atoms with Crippen molar-refractivity contribution in [3.8, 4) is 0 Å². The van der Waals surface area contributed by atoms with Crippen molar-refractivity contribution in [2.24, 2.45) is 0 Å². The van der Waals surface area contributed by atoms with Crippen LogP contribution in [0.2, 0.25) is 0 Å². The van der Waals surface area contributed by atoms with Crippen LogP contribution in [0, 0.1) is 0 Å². The first-order valence-corrected chi connectivity index (χ1v) is 41.4. The second-order valence-corrected chi connectivity index (χ2v) is 27.9. The fraction of sp³-hybridized carbons (Fsp3) is 0.627. The summed E-state index contributed by atoms with van der Waals surface area (Å²) in [6.45, 7) is 2.31. The average Bonchev–Trinajstić information content (AvgIpc) is 0.961. The molecule has 0 saturated carbocycles. The summed E-state index contributed by atoms with van der Waals surface area (Å²) in [6, 6.07) is 0. The molecule has 0 aliphatic rings. The number of rotatable bonds is 71. The highest BCUT2D eigenvalue weighted by atomic mass is 31.2. The van der Waals surface area contributed by atoms with Crippen molar-refractivity contribution in [2.45, 2.75) is 296 Å². The third-order valence-corrected chi connectivity index (χ3v) is 17.3. The third-order valence-electron chi connectivity index (χ3n) is 15.4. The molecule has 0 aromatic rings. The lowest BCUT2D eigenvalue weighted by molar-refractivity contribution is -0.161. The maximum absolute atomic E-state index is 12.9. The molecule has 4 N–H and O–H groups in total. The average molecular weight is 1450 g/mol. The number of phosphoric acid groups is 2. The molecule has 18 heteroatoms. The van der Waals surface area contributed by atoms with Crippen LogP contribution in [-0.4, -0.2) is 95.9 Å². The van der Waals surface area contributed by atoms with E-state index in [2.05, 4.69) is 179 Å². The summed E-state index contributed by atoms with van der Waals surface area (Å²) in [4.78, 5) is 58.6. The summed E-state index contributed by atoms with van der Waals surface area (Å²) >= 11 is 0. The first-order chi connectivity index (χ1) is 49.2. The summed E-state index contributed by atoms with van der Waals surface area (Å²) in [5.41, 5.74) is 0.